The Balaban J connectivity index is 1.16. The Kier molecular flexibility index (Phi) is 12.5. The number of hydrogen-bond donors (Lipinski definition) is 4. The van der Waals surface area contributed by atoms with E-state index in [1.807, 2.05) is 48.7 Å². The first kappa shape index (κ1) is 45.0. The summed E-state index contributed by atoms with van der Waals surface area (Å²) in [4.78, 5) is 67.3. The van der Waals surface area contributed by atoms with E-state index in [4.69, 9.17) is 19.4 Å². The Hall–Kier alpha value is -5.55. The summed E-state index contributed by atoms with van der Waals surface area (Å²) in [7, 11) is -2.40. The topological polar surface area (TPSA) is 198 Å². The predicted octanol–water partition coefficient (Wildman–Crippen LogP) is 6.98. The van der Waals surface area contributed by atoms with E-state index >= 15 is 4.79 Å². The number of benzene rings is 2. The Morgan fingerprint density at radius 2 is 1.81 bits per heavy atom. The third-order valence-corrected chi connectivity index (χ3v) is 16.0. The molecule has 17 heteroatoms. The molecule has 340 valence electrons. The van der Waals surface area contributed by atoms with Gasteiger partial charge in [0.1, 0.15) is 45.9 Å². The maximum atomic E-state index is 15.1. The van der Waals surface area contributed by atoms with Crippen molar-refractivity contribution in [3.63, 3.8) is 0 Å². The minimum absolute atomic E-state index is 0.0410. The molecule has 4 amide bonds. The molecule has 8 rings (SSSR count). The van der Waals surface area contributed by atoms with Crippen LogP contribution in [0.25, 0.3) is 21.6 Å². The number of nitrogens with zero attached hydrogens (tertiary/aromatic N) is 3. The zero-order valence-corrected chi connectivity index (χ0v) is 38.8. The maximum absolute atomic E-state index is 15.1. The number of carbonyl (C=O) groups is 4. The van der Waals surface area contributed by atoms with Crippen LogP contribution in [0, 0.1) is 12.8 Å². The number of aromatic nitrogens is 2. The number of pyridine rings is 1. The van der Waals surface area contributed by atoms with Crippen molar-refractivity contribution in [2.75, 3.05) is 24.3 Å². The Morgan fingerprint density at radius 3 is 2.53 bits per heavy atom. The fraction of sp³-hybridized carbons (Fsp3) is 0.489. The Morgan fingerprint density at radius 1 is 1.03 bits per heavy atom. The van der Waals surface area contributed by atoms with Gasteiger partial charge in [0.15, 0.2) is 0 Å². The number of allylic oxidation sites excluding steroid dienone is 1. The summed E-state index contributed by atoms with van der Waals surface area (Å²) in [5, 5.41) is 12.6. The van der Waals surface area contributed by atoms with Crippen LogP contribution in [0.3, 0.4) is 0 Å². The lowest BCUT2D eigenvalue weighted by molar-refractivity contribution is -0.140. The molecule has 0 radical (unpaired) electrons. The summed E-state index contributed by atoms with van der Waals surface area (Å²) in [5.74, 6) is -0.976. The van der Waals surface area contributed by atoms with E-state index in [0.29, 0.717) is 59.8 Å². The number of hydrogen-bond acceptors (Lipinski definition) is 12. The van der Waals surface area contributed by atoms with Crippen molar-refractivity contribution in [3.8, 4) is 22.2 Å². The number of thiazole rings is 1. The van der Waals surface area contributed by atoms with Gasteiger partial charge < -0.3 is 30.3 Å². The fourth-order valence-corrected chi connectivity index (χ4v) is 10.9. The SMILES string of the molecule is COc1ccc2c(O[C@@H]3C[C@H]4C(=O)N[C@]5(C(=O)NS(=O)(=O)C6(C)CC6)CC5/C=C\CCCCC[C@H](Nc5cccc(NC(C)=O)c5)C(=O)N4C3)cc(-c3nc(C(C)C)cs3)nc2c1C. The number of anilines is 2. The normalized spacial score (nSPS) is 25.0. The Bertz CT molecular complexity index is 2630. The maximum Gasteiger partial charge on any atom is 0.259 e. The number of methoxy groups -OCH3 is 1. The highest BCUT2D eigenvalue weighted by molar-refractivity contribution is 7.91. The minimum atomic E-state index is -4.01. The van der Waals surface area contributed by atoms with Crippen molar-refractivity contribution in [2.45, 2.75) is 127 Å². The van der Waals surface area contributed by atoms with E-state index < -0.39 is 56.2 Å². The van der Waals surface area contributed by atoms with Gasteiger partial charge in [0, 0.05) is 53.0 Å². The first-order valence-corrected chi connectivity index (χ1v) is 24.5. The molecule has 1 saturated heterocycles. The van der Waals surface area contributed by atoms with Crippen LogP contribution < -0.4 is 30.1 Å². The molecule has 4 aromatic rings. The predicted molar refractivity (Wildman–Crippen MR) is 247 cm³/mol. The zero-order chi connectivity index (χ0) is 45.6. The summed E-state index contributed by atoms with van der Waals surface area (Å²) in [6.45, 7) is 9.17. The molecule has 4 aliphatic rings. The van der Waals surface area contributed by atoms with Gasteiger partial charge in [-0.2, -0.15) is 0 Å². The standard InChI is InChI=1S/C47H57N7O8S2/c1-27(2)37-26-63-43(51-37)36-23-40(34-17-18-39(61-6)28(3)41(34)50-36)62-33-22-38-42(56)52-47(45(58)53-64(59,60)46(5)19-20-46)24-30(47)13-10-8-7-9-11-16-35(44(57)54(38)25-33)49-32-15-12-14-31(21-32)48-29(4)55/h10,12-15,17-18,21,23,26-27,30,33,35,38,49H,7-9,11,16,19-20,22,24-25H2,1-6H3,(H,48,55)(H,52,56)(H,53,58)/b13-10-/t30?,33-,35+,38+,47-/m1/s1. The lowest BCUT2D eigenvalue weighted by atomic mass is 10.0. The van der Waals surface area contributed by atoms with Crippen molar-refractivity contribution in [1.29, 1.82) is 0 Å². The monoisotopic (exact) mass is 911 g/mol. The molecule has 2 aliphatic carbocycles. The first-order chi connectivity index (χ1) is 30.5. The highest BCUT2D eigenvalue weighted by Gasteiger charge is 2.63. The van der Waals surface area contributed by atoms with Crippen LogP contribution in [0.4, 0.5) is 11.4 Å². The third kappa shape index (κ3) is 9.19. The fourth-order valence-electron chi connectivity index (χ4n) is 8.69. The van der Waals surface area contributed by atoms with Crippen LogP contribution in [-0.4, -0.2) is 89.0 Å². The van der Waals surface area contributed by atoms with E-state index in [0.717, 1.165) is 40.9 Å². The van der Waals surface area contributed by atoms with Gasteiger partial charge in [-0.15, -0.1) is 11.3 Å². The van der Waals surface area contributed by atoms with Gasteiger partial charge in [-0.3, -0.25) is 23.9 Å². The zero-order valence-electron chi connectivity index (χ0n) is 37.2. The van der Waals surface area contributed by atoms with Gasteiger partial charge in [0.2, 0.25) is 27.7 Å². The second-order valence-corrected chi connectivity index (χ2v) is 21.2. The summed E-state index contributed by atoms with van der Waals surface area (Å²) >= 11 is 1.49. The number of carbonyl (C=O) groups excluding carboxylic acids is 4. The van der Waals surface area contributed by atoms with Gasteiger partial charge in [-0.25, -0.2) is 18.4 Å². The molecular formula is C47H57N7O8S2. The van der Waals surface area contributed by atoms with Gasteiger partial charge in [0.05, 0.1) is 29.6 Å². The second kappa shape index (κ2) is 17.8. The summed E-state index contributed by atoms with van der Waals surface area (Å²) in [6.07, 6.45) is 7.92. The molecule has 4 N–H and O–H groups in total. The van der Waals surface area contributed by atoms with Crippen LogP contribution in [0.15, 0.2) is 60.0 Å². The lowest BCUT2D eigenvalue weighted by Gasteiger charge is -2.30. The number of rotatable bonds is 11. The minimum Gasteiger partial charge on any atom is -0.496 e. The van der Waals surface area contributed by atoms with E-state index in [9.17, 15) is 22.8 Å². The second-order valence-electron chi connectivity index (χ2n) is 18.2. The van der Waals surface area contributed by atoms with Crippen LogP contribution in [0.2, 0.25) is 0 Å². The molecule has 3 fully saturated rings. The molecule has 15 nitrogen and oxygen atoms in total. The number of aryl methyl sites for hydroxylation is 1. The van der Waals surface area contributed by atoms with Crippen LogP contribution >= 0.6 is 11.3 Å². The van der Waals surface area contributed by atoms with Gasteiger partial charge in [0.25, 0.3) is 5.91 Å². The number of nitrogens with one attached hydrogen (secondary N) is 4. The molecule has 2 aromatic carbocycles. The van der Waals surface area contributed by atoms with E-state index in [1.165, 1.54) is 23.2 Å². The number of sulfonamides is 1. The molecule has 0 spiro atoms. The van der Waals surface area contributed by atoms with Crippen LogP contribution in [0.5, 0.6) is 11.5 Å². The lowest BCUT2D eigenvalue weighted by Crippen LogP contribution is -2.58. The first-order valence-electron chi connectivity index (χ1n) is 22.1. The Labute approximate surface area is 378 Å². The molecule has 1 unspecified atom stereocenters. The average molecular weight is 912 g/mol. The summed E-state index contributed by atoms with van der Waals surface area (Å²) in [5.41, 5.74) is 2.69. The van der Waals surface area contributed by atoms with Gasteiger partial charge >= 0.3 is 0 Å². The number of amides is 4. The van der Waals surface area contributed by atoms with Crippen molar-refractivity contribution < 1.29 is 37.1 Å². The number of fused-ring (bicyclic) bond motifs is 3. The molecule has 0 bridgehead atoms. The van der Waals surface area contributed by atoms with Gasteiger partial charge in [-0.1, -0.05) is 44.9 Å². The summed E-state index contributed by atoms with van der Waals surface area (Å²) in [6, 6.07) is 10.9. The van der Waals surface area contributed by atoms with E-state index in [-0.39, 0.29) is 37.1 Å². The quantitative estimate of drug-likeness (QED) is 0.113. The number of ether oxygens (including phenoxy) is 2. The van der Waals surface area contributed by atoms with E-state index in [1.54, 1.807) is 32.2 Å². The molecule has 2 saturated carbocycles. The molecule has 2 aliphatic heterocycles. The van der Waals surface area contributed by atoms with E-state index in [2.05, 4.69) is 34.5 Å². The highest BCUT2D eigenvalue weighted by Crippen LogP contribution is 2.48. The van der Waals surface area contributed by atoms with Crippen LogP contribution in [0.1, 0.15) is 103 Å². The average Bonchev–Trinajstić information content (AvgIpc) is 4.02. The van der Waals surface area contributed by atoms with Crippen molar-refractivity contribution in [2.24, 2.45) is 5.92 Å². The smallest absolute Gasteiger partial charge is 0.259 e. The molecule has 2 aromatic heterocycles. The van der Waals surface area contributed by atoms with Crippen molar-refractivity contribution >= 4 is 67.3 Å². The van der Waals surface area contributed by atoms with Gasteiger partial charge in [-0.05, 0) is 88.6 Å². The molecular weight excluding hydrogens is 855 g/mol. The van der Waals surface area contributed by atoms with Crippen molar-refractivity contribution in [3.05, 3.63) is 71.3 Å². The third-order valence-electron chi connectivity index (χ3n) is 13.0. The molecule has 64 heavy (non-hydrogen) atoms. The van der Waals surface area contributed by atoms with Crippen LogP contribution in [-0.2, 0) is 29.2 Å². The molecule has 5 atom stereocenters. The molecule has 4 heterocycles. The van der Waals surface area contributed by atoms with Crippen molar-refractivity contribution in [1.82, 2.24) is 24.9 Å². The largest absolute Gasteiger partial charge is 0.496 e. The highest BCUT2D eigenvalue weighted by atomic mass is 32.2. The summed E-state index contributed by atoms with van der Waals surface area (Å²) < 4.78 is 40.5.